The zero-order valence-corrected chi connectivity index (χ0v) is 24.9. The van der Waals surface area contributed by atoms with Crippen molar-refractivity contribution in [2.45, 2.75) is 87.5 Å². The number of rotatable bonds is 10. The number of nitrogens with two attached hydrogens (primary N) is 1. The van der Waals surface area contributed by atoms with Gasteiger partial charge in [-0.3, -0.25) is 10.1 Å². The molecule has 1 heterocycles. The highest BCUT2D eigenvalue weighted by Crippen LogP contribution is 2.41. The first kappa shape index (κ1) is 35.0. The monoisotopic (exact) mass is 616 g/mol. The van der Waals surface area contributed by atoms with Gasteiger partial charge in [0, 0.05) is 5.54 Å². The minimum Gasteiger partial charge on any atom is -0.496 e. The van der Waals surface area contributed by atoms with E-state index in [1.807, 2.05) is 37.3 Å². The molecule has 1 aliphatic heterocycles. The van der Waals surface area contributed by atoms with E-state index in [1.54, 1.807) is 12.1 Å². The molecule has 0 bridgehead atoms. The highest BCUT2D eigenvalue weighted by atomic mass is 32.2. The van der Waals surface area contributed by atoms with Gasteiger partial charge in [-0.25, -0.2) is 13.2 Å². The number of aliphatic carboxylic acids is 2. The van der Waals surface area contributed by atoms with Crippen molar-refractivity contribution in [2.75, 3.05) is 12.9 Å². The second-order valence-electron chi connectivity index (χ2n) is 10.7. The van der Waals surface area contributed by atoms with Gasteiger partial charge in [-0.05, 0) is 61.4 Å². The van der Waals surface area contributed by atoms with E-state index in [9.17, 15) is 31.5 Å². The molecule has 0 unspecified atom stereocenters. The van der Waals surface area contributed by atoms with Crippen molar-refractivity contribution in [3.05, 3.63) is 59.2 Å². The van der Waals surface area contributed by atoms with Crippen LogP contribution in [0.5, 0.6) is 5.75 Å². The van der Waals surface area contributed by atoms with Crippen LogP contribution in [0.1, 0.15) is 75.6 Å². The molecule has 3 rings (SSSR count). The smallest absolute Gasteiger partial charge is 0.490 e. The lowest BCUT2D eigenvalue weighted by atomic mass is 9.87. The quantitative estimate of drug-likeness (QED) is 0.293. The number of carboxylic acid groups (broad SMARTS) is 2. The Bertz CT molecular complexity index is 1350. The van der Waals surface area contributed by atoms with Crippen LogP contribution in [0.3, 0.4) is 0 Å². The summed E-state index contributed by atoms with van der Waals surface area (Å²) in [7, 11) is -2.11. The average molecular weight is 617 g/mol. The van der Waals surface area contributed by atoms with E-state index in [0.29, 0.717) is 23.3 Å². The van der Waals surface area contributed by atoms with Gasteiger partial charge in [0.15, 0.2) is 9.84 Å². The number of sulfone groups is 1. The number of methoxy groups -OCH3 is 1. The standard InChI is InChI=1S/C27H38N2O5S.C2HF3O2/c1-5-7-14-27(6-2)18-35(32,33)23-16-20(13-15-26(3,28)25(30)31)22(34-4)17-21(23)24(29-27)19-11-9-8-10-12-19;3-2(4,5)1(6)7/h8-12,16-17,24,29H,5-7,13-15,18,28H2,1-4H3,(H,30,31);(H,6,7)/t24-,26-,27-;/m1./s1. The van der Waals surface area contributed by atoms with Gasteiger partial charge in [-0.1, -0.05) is 57.0 Å². The van der Waals surface area contributed by atoms with E-state index in [1.165, 1.54) is 14.0 Å². The molecule has 2 aromatic rings. The minimum absolute atomic E-state index is 0.00231. The van der Waals surface area contributed by atoms with Crippen LogP contribution in [0.2, 0.25) is 0 Å². The van der Waals surface area contributed by atoms with Crippen LogP contribution in [0.15, 0.2) is 47.4 Å². The molecular weight excluding hydrogens is 577 g/mol. The van der Waals surface area contributed by atoms with E-state index >= 15 is 0 Å². The number of nitrogens with one attached hydrogen (secondary N) is 1. The number of hydrogen-bond acceptors (Lipinski definition) is 7. The average Bonchev–Trinajstić information content (AvgIpc) is 3.02. The molecular formula is C29H39F3N2O7S. The first-order valence-corrected chi connectivity index (χ1v) is 15.2. The molecule has 0 saturated carbocycles. The highest BCUT2D eigenvalue weighted by Gasteiger charge is 2.42. The molecule has 0 saturated heterocycles. The van der Waals surface area contributed by atoms with E-state index in [-0.39, 0.29) is 29.5 Å². The predicted octanol–water partition coefficient (Wildman–Crippen LogP) is 4.87. The maximum Gasteiger partial charge on any atom is 0.490 e. The number of carbonyl (C=O) groups is 2. The molecule has 0 amide bonds. The molecule has 1 aliphatic rings. The largest absolute Gasteiger partial charge is 0.496 e. The third-order valence-corrected chi connectivity index (χ3v) is 9.40. The van der Waals surface area contributed by atoms with Crippen molar-refractivity contribution in [3.63, 3.8) is 0 Å². The van der Waals surface area contributed by atoms with E-state index in [4.69, 9.17) is 20.4 Å². The molecule has 0 aliphatic carbocycles. The SMILES string of the molecule is CCCC[C@]1(CC)CS(=O)(=O)c2cc(CC[C@@](C)(N)C(=O)O)c(OC)cc2[C@@H](c2ccccc2)N1.O=C(O)C(F)(F)F. The van der Waals surface area contributed by atoms with Crippen molar-refractivity contribution in [1.29, 1.82) is 0 Å². The van der Waals surface area contributed by atoms with Crippen LogP contribution in [-0.2, 0) is 25.8 Å². The Morgan fingerprint density at radius 2 is 1.71 bits per heavy atom. The van der Waals surface area contributed by atoms with Gasteiger partial charge in [0.25, 0.3) is 0 Å². The van der Waals surface area contributed by atoms with Crippen molar-refractivity contribution < 1.29 is 46.1 Å². The fourth-order valence-electron chi connectivity index (χ4n) is 4.82. The van der Waals surface area contributed by atoms with Crippen LogP contribution < -0.4 is 15.8 Å². The number of unbranched alkanes of at least 4 members (excludes halogenated alkanes) is 1. The molecule has 0 aromatic heterocycles. The molecule has 42 heavy (non-hydrogen) atoms. The van der Waals surface area contributed by atoms with Gasteiger partial charge in [0.05, 0.1) is 23.8 Å². The number of benzene rings is 2. The van der Waals surface area contributed by atoms with Gasteiger partial charge < -0.3 is 20.7 Å². The van der Waals surface area contributed by atoms with E-state index in [2.05, 4.69) is 12.2 Å². The summed E-state index contributed by atoms with van der Waals surface area (Å²) in [6.45, 7) is 5.61. The van der Waals surface area contributed by atoms with E-state index < -0.39 is 39.0 Å². The molecule has 0 spiro atoms. The molecule has 3 atom stereocenters. The molecule has 13 heteroatoms. The molecule has 2 aromatic carbocycles. The van der Waals surface area contributed by atoms with Crippen LogP contribution in [0.4, 0.5) is 13.2 Å². The van der Waals surface area contributed by atoms with Crippen LogP contribution in [-0.4, -0.2) is 60.7 Å². The second-order valence-corrected chi connectivity index (χ2v) is 12.7. The van der Waals surface area contributed by atoms with Crippen LogP contribution >= 0.6 is 0 Å². The molecule has 234 valence electrons. The lowest BCUT2D eigenvalue weighted by Crippen LogP contribution is -2.50. The van der Waals surface area contributed by atoms with Gasteiger partial charge in [0.1, 0.15) is 11.3 Å². The molecule has 0 fully saturated rings. The van der Waals surface area contributed by atoms with Gasteiger partial charge in [-0.2, -0.15) is 13.2 Å². The first-order valence-electron chi connectivity index (χ1n) is 13.5. The topological polar surface area (TPSA) is 156 Å². The number of halogens is 3. The van der Waals surface area contributed by atoms with Crippen molar-refractivity contribution in [1.82, 2.24) is 5.32 Å². The Hall–Kier alpha value is -3.16. The summed E-state index contributed by atoms with van der Waals surface area (Å²) in [5.74, 6) is -3.33. The van der Waals surface area contributed by atoms with Crippen LogP contribution in [0.25, 0.3) is 0 Å². The number of ether oxygens (including phenoxy) is 1. The Balaban J connectivity index is 0.000000782. The normalized spacial score (nSPS) is 21.1. The Kier molecular flexibility index (Phi) is 11.6. The lowest BCUT2D eigenvalue weighted by molar-refractivity contribution is -0.192. The molecule has 0 radical (unpaired) electrons. The summed E-state index contributed by atoms with van der Waals surface area (Å²) in [6, 6.07) is 13.0. The lowest BCUT2D eigenvalue weighted by Gasteiger charge is -2.36. The van der Waals surface area contributed by atoms with E-state index in [0.717, 1.165) is 24.8 Å². The van der Waals surface area contributed by atoms with Crippen molar-refractivity contribution >= 4 is 21.8 Å². The Morgan fingerprint density at radius 1 is 1.12 bits per heavy atom. The first-order chi connectivity index (χ1) is 19.4. The summed E-state index contributed by atoms with van der Waals surface area (Å²) in [5, 5.41) is 20.3. The third kappa shape index (κ3) is 8.68. The number of carboxylic acids is 2. The Labute approximate surface area is 244 Å². The summed E-state index contributed by atoms with van der Waals surface area (Å²) >= 11 is 0. The molecule has 9 nitrogen and oxygen atoms in total. The minimum atomic E-state index is -5.08. The summed E-state index contributed by atoms with van der Waals surface area (Å²) in [6.07, 6.45) is -1.32. The van der Waals surface area contributed by atoms with Gasteiger partial charge in [0.2, 0.25) is 0 Å². The highest BCUT2D eigenvalue weighted by molar-refractivity contribution is 7.91. The fourth-order valence-corrected chi connectivity index (χ4v) is 6.99. The summed E-state index contributed by atoms with van der Waals surface area (Å²) < 4.78 is 65.1. The number of aryl methyl sites for hydroxylation is 1. The van der Waals surface area contributed by atoms with Gasteiger partial charge in [-0.15, -0.1) is 0 Å². The number of alkyl halides is 3. The maximum absolute atomic E-state index is 13.9. The second kappa shape index (κ2) is 13.9. The predicted molar refractivity (Wildman–Crippen MR) is 151 cm³/mol. The number of hydrogen-bond donors (Lipinski definition) is 4. The third-order valence-electron chi connectivity index (χ3n) is 7.44. The van der Waals surface area contributed by atoms with Gasteiger partial charge >= 0.3 is 18.1 Å². The zero-order chi connectivity index (χ0) is 31.9. The van der Waals surface area contributed by atoms with Crippen molar-refractivity contribution in [3.8, 4) is 5.75 Å². The fraction of sp³-hybridized carbons (Fsp3) is 0.517. The van der Waals surface area contributed by atoms with Crippen molar-refractivity contribution in [2.24, 2.45) is 5.73 Å². The summed E-state index contributed by atoms with van der Waals surface area (Å²) in [4.78, 5) is 20.7. The zero-order valence-electron chi connectivity index (χ0n) is 24.1. The summed E-state index contributed by atoms with van der Waals surface area (Å²) in [5.41, 5.74) is 6.22. The van der Waals surface area contributed by atoms with Crippen LogP contribution in [0, 0.1) is 0 Å². The maximum atomic E-state index is 13.9. The Morgan fingerprint density at radius 3 is 2.19 bits per heavy atom. The number of fused-ring (bicyclic) bond motifs is 1. The molecule has 5 N–H and O–H groups in total.